The van der Waals surface area contributed by atoms with E-state index >= 15 is 0 Å². The number of rotatable bonds is 9. The molecule has 0 bridgehead atoms. The summed E-state index contributed by atoms with van der Waals surface area (Å²) < 4.78 is 21.6. The van der Waals surface area contributed by atoms with Gasteiger partial charge in [-0.05, 0) is 65.8 Å². The number of aromatic nitrogens is 1. The van der Waals surface area contributed by atoms with Gasteiger partial charge in [0, 0.05) is 36.3 Å². The molecule has 2 unspecified atom stereocenters. The first-order chi connectivity index (χ1) is 18.4. The minimum atomic E-state index is -0.898. The monoisotopic (exact) mass is 516 g/mol. The zero-order valence-corrected chi connectivity index (χ0v) is 21.8. The van der Waals surface area contributed by atoms with Crippen LogP contribution in [0.3, 0.4) is 0 Å². The van der Waals surface area contributed by atoms with Crippen LogP contribution in [-0.4, -0.2) is 52.8 Å². The first kappa shape index (κ1) is 25.9. The number of hydrogen-bond acceptors (Lipinski definition) is 3. The fraction of sp³-hybridized carbons (Fsp3) is 0.355. The molecule has 1 heterocycles. The van der Waals surface area contributed by atoms with Gasteiger partial charge in [0.15, 0.2) is 0 Å². The molecule has 2 atom stereocenters. The highest BCUT2D eigenvalue weighted by atomic mass is 19.1. The quantitative estimate of drug-likeness (QED) is 0.317. The summed E-state index contributed by atoms with van der Waals surface area (Å²) in [6.07, 6.45) is 2.57. The average molecular weight is 517 g/mol. The minimum absolute atomic E-state index is 0.0266. The summed E-state index contributed by atoms with van der Waals surface area (Å²) in [6.45, 7) is 2.72. The van der Waals surface area contributed by atoms with Crippen LogP contribution in [0.4, 0.5) is 4.39 Å². The number of amides is 1. The second-order valence-corrected chi connectivity index (χ2v) is 10.0. The van der Waals surface area contributed by atoms with E-state index in [1.54, 1.807) is 13.2 Å². The third kappa shape index (κ3) is 4.78. The number of aliphatic carboxylic acids is 1. The molecule has 0 saturated heterocycles. The van der Waals surface area contributed by atoms with Crippen molar-refractivity contribution >= 4 is 33.6 Å². The van der Waals surface area contributed by atoms with Gasteiger partial charge < -0.3 is 19.3 Å². The Balaban J connectivity index is 1.50. The fourth-order valence-electron chi connectivity index (χ4n) is 6.05. The van der Waals surface area contributed by atoms with E-state index in [1.165, 1.54) is 12.1 Å². The van der Waals surface area contributed by atoms with E-state index in [9.17, 15) is 19.1 Å². The highest BCUT2D eigenvalue weighted by Crippen LogP contribution is 2.37. The molecule has 0 radical (unpaired) electrons. The summed E-state index contributed by atoms with van der Waals surface area (Å²) in [4.78, 5) is 27.8. The fourth-order valence-corrected chi connectivity index (χ4v) is 6.05. The third-order valence-corrected chi connectivity index (χ3v) is 7.84. The van der Waals surface area contributed by atoms with Crippen molar-refractivity contribution in [2.75, 3.05) is 20.3 Å². The average Bonchev–Trinajstić information content (AvgIpc) is 3.22. The largest absolute Gasteiger partial charge is 0.480 e. The van der Waals surface area contributed by atoms with Crippen LogP contribution in [0.5, 0.6) is 0 Å². The number of carbonyl (C=O) groups excluding carboxylic acids is 1. The van der Waals surface area contributed by atoms with Crippen LogP contribution in [0.2, 0.25) is 0 Å². The topological polar surface area (TPSA) is 71.8 Å². The molecule has 198 valence electrons. The molecular weight excluding hydrogens is 483 g/mol. The predicted molar refractivity (Wildman–Crippen MR) is 146 cm³/mol. The Morgan fingerprint density at radius 1 is 1.13 bits per heavy atom. The number of carbonyl (C=O) groups is 2. The molecule has 0 spiro atoms. The number of nitrogens with zero attached hydrogens (tertiary/aromatic N) is 2. The Labute approximate surface area is 221 Å². The second kappa shape index (κ2) is 11.0. The molecule has 5 rings (SSSR count). The number of carboxylic acids is 1. The Bertz CT molecular complexity index is 1490. The van der Waals surface area contributed by atoms with Crippen LogP contribution in [0.1, 0.15) is 42.6 Å². The normalized spacial score (nSPS) is 15.9. The zero-order chi connectivity index (χ0) is 26.8. The lowest BCUT2D eigenvalue weighted by Crippen LogP contribution is -2.46. The summed E-state index contributed by atoms with van der Waals surface area (Å²) in [5.74, 6) is -1.23. The minimum Gasteiger partial charge on any atom is -0.480 e. The smallest absolute Gasteiger partial charge is 0.326 e. The number of methoxy groups -OCH3 is 1. The van der Waals surface area contributed by atoms with Crippen LogP contribution >= 0.6 is 0 Å². The van der Waals surface area contributed by atoms with Crippen molar-refractivity contribution in [1.29, 1.82) is 0 Å². The molecule has 1 amide bonds. The van der Waals surface area contributed by atoms with E-state index in [-0.39, 0.29) is 24.2 Å². The van der Waals surface area contributed by atoms with Gasteiger partial charge in [-0.15, -0.1) is 0 Å². The van der Waals surface area contributed by atoms with Crippen LogP contribution in [0, 0.1) is 5.82 Å². The Hall–Kier alpha value is -3.71. The summed E-state index contributed by atoms with van der Waals surface area (Å²) in [5.41, 5.74) is 3.59. The highest BCUT2D eigenvalue weighted by Gasteiger charge is 2.34. The number of ether oxygens (including phenoxy) is 1. The molecule has 1 N–H and O–H groups in total. The van der Waals surface area contributed by atoms with E-state index in [2.05, 4.69) is 0 Å². The second-order valence-electron chi connectivity index (χ2n) is 10.0. The summed E-state index contributed by atoms with van der Waals surface area (Å²) in [5, 5.41) is 12.8. The highest BCUT2D eigenvalue weighted by molar-refractivity contribution is 5.91. The van der Waals surface area contributed by atoms with Gasteiger partial charge in [-0.3, -0.25) is 4.79 Å². The van der Waals surface area contributed by atoms with Crippen molar-refractivity contribution in [2.24, 2.45) is 0 Å². The van der Waals surface area contributed by atoms with Gasteiger partial charge >= 0.3 is 5.97 Å². The molecule has 1 aliphatic carbocycles. The van der Waals surface area contributed by atoms with Gasteiger partial charge in [-0.25, -0.2) is 9.18 Å². The first-order valence-corrected chi connectivity index (χ1v) is 13.2. The molecule has 4 aromatic rings. The van der Waals surface area contributed by atoms with Crippen LogP contribution in [0.25, 0.3) is 21.7 Å². The molecule has 38 heavy (non-hydrogen) atoms. The van der Waals surface area contributed by atoms with E-state index in [1.807, 2.05) is 58.9 Å². The van der Waals surface area contributed by atoms with Gasteiger partial charge in [-0.1, -0.05) is 49.4 Å². The number of carboxylic acid groups (broad SMARTS) is 1. The summed E-state index contributed by atoms with van der Waals surface area (Å²) in [6, 6.07) is 17.8. The van der Waals surface area contributed by atoms with Gasteiger partial charge in [0.05, 0.1) is 13.0 Å². The van der Waals surface area contributed by atoms with Crippen molar-refractivity contribution in [3.05, 3.63) is 83.3 Å². The van der Waals surface area contributed by atoms with Gasteiger partial charge in [0.1, 0.15) is 11.9 Å². The Kier molecular flexibility index (Phi) is 7.47. The van der Waals surface area contributed by atoms with Gasteiger partial charge in [-0.2, -0.15) is 0 Å². The molecule has 0 saturated carbocycles. The molecule has 1 aliphatic rings. The lowest BCUT2D eigenvalue weighted by molar-refractivity contribution is -0.141. The van der Waals surface area contributed by atoms with Gasteiger partial charge in [0.2, 0.25) is 5.91 Å². The number of hydrogen-bond donors (Lipinski definition) is 1. The standard InChI is InChI=1S/C31H33FN2O4/c1-3-27(31(36)37)34-28-13-11-22(32)18-25(28)26-19-23(12-14-29(26)34)33(15-16-38-2)30(35)17-21-9-6-8-20-7-4-5-10-24(20)21/h4-11,13,18,23,27H,3,12,14-17,19H2,1-2H3,(H,36,37). The maximum atomic E-state index is 14.4. The molecule has 0 aliphatic heterocycles. The zero-order valence-electron chi connectivity index (χ0n) is 21.8. The molecular formula is C31H33FN2O4. The van der Waals surface area contributed by atoms with Crippen molar-refractivity contribution in [3.63, 3.8) is 0 Å². The van der Waals surface area contributed by atoms with Crippen molar-refractivity contribution in [1.82, 2.24) is 9.47 Å². The lowest BCUT2D eigenvalue weighted by atomic mass is 9.89. The Morgan fingerprint density at radius 3 is 2.68 bits per heavy atom. The van der Waals surface area contributed by atoms with Crippen molar-refractivity contribution in [3.8, 4) is 0 Å². The Morgan fingerprint density at radius 2 is 1.92 bits per heavy atom. The van der Waals surface area contributed by atoms with Gasteiger partial charge in [0.25, 0.3) is 0 Å². The molecule has 6 nitrogen and oxygen atoms in total. The van der Waals surface area contributed by atoms with E-state index in [4.69, 9.17) is 4.74 Å². The molecule has 7 heteroatoms. The lowest BCUT2D eigenvalue weighted by Gasteiger charge is -2.35. The van der Waals surface area contributed by atoms with Crippen molar-refractivity contribution in [2.45, 2.75) is 51.1 Å². The van der Waals surface area contributed by atoms with Crippen molar-refractivity contribution < 1.29 is 23.8 Å². The summed E-state index contributed by atoms with van der Waals surface area (Å²) in [7, 11) is 1.62. The molecule has 3 aromatic carbocycles. The number of fused-ring (bicyclic) bond motifs is 4. The van der Waals surface area contributed by atoms with Crippen LogP contribution < -0.4 is 0 Å². The van der Waals surface area contributed by atoms with E-state index in [0.717, 1.165) is 38.5 Å². The predicted octanol–water partition coefficient (Wildman–Crippen LogP) is 5.54. The molecule has 0 fully saturated rings. The van der Waals surface area contributed by atoms with E-state index < -0.39 is 12.0 Å². The molecule has 1 aromatic heterocycles. The maximum absolute atomic E-state index is 14.4. The van der Waals surface area contributed by atoms with E-state index in [0.29, 0.717) is 38.8 Å². The first-order valence-electron chi connectivity index (χ1n) is 13.2. The number of benzene rings is 3. The van der Waals surface area contributed by atoms with Crippen LogP contribution in [-0.2, 0) is 33.6 Å². The summed E-state index contributed by atoms with van der Waals surface area (Å²) >= 11 is 0. The number of halogens is 1. The van der Waals surface area contributed by atoms with Crippen LogP contribution in [0.15, 0.2) is 60.7 Å². The third-order valence-electron chi connectivity index (χ3n) is 7.84. The SMILES string of the molecule is CCC(C(=O)O)n1c2c(c3cc(F)ccc31)CC(N(CCOC)C(=O)Cc1cccc3ccccc13)CC2. The maximum Gasteiger partial charge on any atom is 0.326 e.